The number of aromatic nitrogens is 3. The molecule has 0 fully saturated rings. The van der Waals surface area contributed by atoms with Crippen molar-refractivity contribution < 1.29 is 14.3 Å². The molecule has 0 bridgehead atoms. The second-order valence-electron chi connectivity index (χ2n) is 6.61. The van der Waals surface area contributed by atoms with Crippen molar-refractivity contribution in [2.75, 3.05) is 7.11 Å². The molecule has 0 aliphatic rings. The summed E-state index contributed by atoms with van der Waals surface area (Å²) >= 11 is 6.04. The van der Waals surface area contributed by atoms with Gasteiger partial charge in [-0.05, 0) is 37.5 Å². The number of rotatable bonds is 7. The third kappa shape index (κ3) is 4.38. The number of esters is 1. The number of carbonyl (C=O) groups is 1. The summed E-state index contributed by atoms with van der Waals surface area (Å²) in [6.07, 6.45) is 1.27. The minimum absolute atomic E-state index is 0.239. The van der Waals surface area contributed by atoms with Crippen LogP contribution >= 0.6 is 11.6 Å². The molecule has 0 saturated heterocycles. The van der Waals surface area contributed by atoms with E-state index in [1.54, 1.807) is 31.8 Å². The van der Waals surface area contributed by atoms with E-state index in [0.29, 0.717) is 11.6 Å². The molecule has 25 heavy (non-hydrogen) atoms. The fourth-order valence-electron chi connectivity index (χ4n) is 2.72. The van der Waals surface area contributed by atoms with Crippen LogP contribution in [0.25, 0.3) is 0 Å². The minimum atomic E-state index is -0.879. The SMILES string of the molecule is COC(=O)C(C)(C)[C@H](OCc1cn(C)nn1)c1ccc(C)c(CCl)c1. The van der Waals surface area contributed by atoms with Gasteiger partial charge in [0.05, 0.1) is 31.4 Å². The maximum atomic E-state index is 12.3. The predicted molar refractivity (Wildman–Crippen MR) is 95.1 cm³/mol. The summed E-state index contributed by atoms with van der Waals surface area (Å²) in [6, 6.07) is 5.92. The number of carbonyl (C=O) groups excluding carboxylic acids is 1. The van der Waals surface area contributed by atoms with Crippen LogP contribution in [0.15, 0.2) is 24.4 Å². The molecule has 1 atom stereocenters. The lowest BCUT2D eigenvalue weighted by molar-refractivity contribution is -0.162. The van der Waals surface area contributed by atoms with Gasteiger partial charge in [0.1, 0.15) is 5.69 Å². The Morgan fingerprint density at radius 3 is 2.68 bits per heavy atom. The van der Waals surface area contributed by atoms with Crippen LogP contribution in [0, 0.1) is 12.3 Å². The van der Waals surface area contributed by atoms with E-state index in [0.717, 1.165) is 16.7 Å². The molecule has 1 aromatic carbocycles. The van der Waals surface area contributed by atoms with Gasteiger partial charge in [0.2, 0.25) is 0 Å². The average Bonchev–Trinajstić information content (AvgIpc) is 3.00. The molecule has 0 amide bonds. The summed E-state index contributed by atoms with van der Waals surface area (Å²) in [5.74, 6) is 0.0551. The first kappa shape index (κ1) is 19.4. The highest BCUT2D eigenvalue weighted by Gasteiger charge is 2.40. The topological polar surface area (TPSA) is 66.2 Å². The number of nitrogens with zero attached hydrogens (tertiary/aromatic N) is 3. The van der Waals surface area contributed by atoms with Crippen molar-refractivity contribution in [2.24, 2.45) is 12.5 Å². The van der Waals surface area contributed by atoms with Crippen molar-refractivity contribution in [3.63, 3.8) is 0 Å². The van der Waals surface area contributed by atoms with Crippen molar-refractivity contribution in [1.82, 2.24) is 15.0 Å². The Bertz CT molecular complexity index is 743. The highest BCUT2D eigenvalue weighted by molar-refractivity contribution is 6.17. The van der Waals surface area contributed by atoms with Gasteiger partial charge in [-0.25, -0.2) is 0 Å². The summed E-state index contributed by atoms with van der Waals surface area (Å²) < 4.78 is 12.7. The van der Waals surface area contributed by atoms with Gasteiger partial charge >= 0.3 is 5.97 Å². The van der Waals surface area contributed by atoms with Crippen LogP contribution in [0.5, 0.6) is 0 Å². The molecule has 2 aromatic rings. The monoisotopic (exact) mass is 365 g/mol. The molecule has 0 aliphatic heterocycles. The Morgan fingerprint density at radius 1 is 1.40 bits per heavy atom. The summed E-state index contributed by atoms with van der Waals surface area (Å²) in [5, 5.41) is 7.92. The molecule has 136 valence electrons. The maximum Gasteiger partial charge on any atom is 0.314 e. The second-order valence-corrected chi connectivity index (χ2v) is 6.87. The molecule has 7 heteroatoms. The zero-order valence-electron chi connectivity index (χ0n) is 15.2. The standard InChI is InChI=1S/C18H24ClN3O3/c1-12-6-7-13(8-14(12)9-19)16(18(2,3)17(23)24-5)25-11-15-10-22(4)21-20-15/h6-8,10,16H,9,11H2,1-5H3/t16-/m1/s1. The summed E-state index contributed by atoms with van der Waals surface area (Å²) in [4.78, 5) is 12.3. The fraction of sp³-hybridized carbons (Fsp3) is 0.500. The van der Waals surface area contributed by atoms with Gasteiger partial charge in [0.25, 0.3) is 0 Å². The highest BCUT2D eigenvalue weighted by Crippen LogP contribution is 2.39. The van der Waals surface area contributed by atoms with Gasteiger partial charge in [0, 0.05) is 12.9 Å². The van der Waals surface area contributed by atoms with Crippen molar-refractivity contribution in [3.05, 3.63) is 46.8 Å². The number of alkyl halides is 1. The quantitative estimate of drug-likeness (QED) is 0.556. The smallest absolute Gasteiger partial charge is 0.314 e. The zero-order chi connectivity index (χ0) is 18.6. The van der Waals surface area contributed by atoms with E-state index in [4.69, 9.17) is 21.1 Å². The molecule has 0 spiro atoms. The van der Waals surface area contributed by atoms with Crippen molar-refractivity contribution in [3.8, 4) is 0 Å². The van der Waals surface area contributed by atoms with Crippen LogP contribution in [0.3, 0.4) is 0 Å². The number of ether oxygens (including phenoxy) is 2. The summed E-state index contributed by atoms with van der Waals surface area (Å²) in [6.45, 7) is 5.85. The Labute approximate surface area is 153 Å². The molecule has 0 aliphatic carbocycles. The molecule has 1 aromatic heterocycles. The Kier molecular flexibility index (Phi) is 6.19. The third-order valence-electron chi connectivity index (χ3n) is 4.23. The van der Waals surface area contributed by atoms with Crippen molar-refractivity contribution in [1.29, 1.82) is 0 Å². The van der Waals surface area contributed by atoms with Crippen LogP contribution < -0.4 is 0 Å². The maximum absolute atomic E-state index is 12.3. The zero-order valence-corrected chi connectivity index (χ0v) is 16.0. The first-order chi connectivity index (χ1) is 11.8. The molecule has 0 unspecified atom stereocenters. The molecule has 0 saturated carbocycles. The number of aryl methyl sites for hydroxylation is 2. The van der Waals surface area contributed by atoms with E-state index in [-0.39, 0.29) is 12.6 Å². The lowest BCUT2D eigenvalue weighted by atomic mass is 9.81. The van der Waals surface area contributed by atoms with E-state index in [9.17, 15) is 4.79 Å². The number of hydrogen-bond acceptors (Lipinski definition) is 5. The van der Waals surface area contributed by atoms with Crippen molar-refractivity contribution in [2.45, 2.75) is 39.4 Å². The fourth-order valence-corrected chi connectivity index (χ4v) is 3.01. The van der Waals surface area contributed by atoms with Crippen LogP contribution in [0.1, 0.15) is 42.3 Å². The molecule has 6 nitrogen and oxygen atoms in total. The normalized spacial score (nSPS) is 12.9. The van der Waals surface area contributed by atoms with Crippen LogP contribution in [0.4, 0.5) is 0 Å². The minimum Gasteiger partial charge on any atom is -0.469 e. The Balaban J connectivity index is 2.35. The number of hydrogen-bond donors (Lipinski definition) is 0. The third-order valence-corrected chi connectivity index (χ3v) is 4.52. The first-order valence-corrected chi connectivity index (χ1v) is 8.53. The molecule has 0 N–H and O–H groups in total. The second kappa shape index (κ2) is 7.97. The number of halogens is 1. The van der Waals surface area contributed by atoms with Gasteiger partial charge < -0.3 is 9.47 Å². The van der Waals surface area contributed by atoms with E-state index < -0.39 is 11.5 Å². The lowest BCUT2D eigenvalue weighted by Crippen LogP contribution is -2.34. The predicted octanol–water partition coefficient (Wildman–Crippen LogP) is 3.32. The molecule has 0 radical (unpaired) electrons. The highest BCUT2D eigenvalue weighted by atomic mass is 35.5. The summed E-state index contributed by atoms with van der Waals surface area (Å²) in [5.41, 5.74) is 2.80. The van der Waals surface area contributed by atoms with E-state index in [1.807, 2.05) is 25.1 Å². The van der Waals surface area contributed by atoms with E-state index >= 15 is 0 Å². The molecule has 2 rings (SSSR count). The Morgan fingerprint density at radius 2 is 2.12 bits per heavy atom. The van der Waals surface area contributed by atoms with E-state index in [2.05, 4.69) is 10.3 Å². The van der Waals surface area contributed by atoms with Gasteiger partial charge in [-0.15, -0.1) is 16.7 Å². The number of benzene rings is 1. The molecular formula is C18H24ClN3O3. The van der Waals surface area contributed by atoms with Gasteiger partial charge in [0.15, 0.2) is 0 Å². The van der Waals surface area contributed by atoms with E-state index in [1.165, 1.54) is 7.11 Å². The van der Waals surface area contributed by atoms with Crippen LogP contribution in [-0.2, 0) is 33.8 Å². The number of methoxy groups -OCH3 is 1. The van der Waals surface area contributed by atoms with Gasteiger partial charge in [-0.2, -0.15) is 0 Å². The molecule has 1 heterocycles. The van der Waals surface area contributed by atoms with Gasteiger partial charge in [-0.3, -0.25) is 9.48 Å². The van der Waals surface area contributed by atoms with Gasteiger partial charge in [-0.1, -0.05) is 23.4 Å². The van der Waals surface area contributed by atoms with Crippen molar-refractivity contribution >= 4 is 17.6 Å². The lowest BCUT2D eigenvalue weighted by Gasteiger charge is -2.32. The Hall–Kier alpha value is -1.92. The largest absolute Gasteiger partial charge is 0.469 e. The average molecular weight is 366 g/mol. The molecular weight excluding hydrogens is 342 g/mol. The first-order valence-electron chi connectivity index (χ1n) is 8.00. The summed E-state index contributed by atoms with van der Waals surface area (Å²) in [7, 11) is 3.17. The van der Waals surface area contributed by atoms with Crippen LogP contribution in [-0.4, -0.2) is 28.1 Å². The van der Waals surface area contributed by atoms with Crippen LogP contribution in [0.2, 0.25) is 0 Å².